The van der Waals surface area contributed by atoms with Gasteiger partial charge in [-0.05, 0) is 47.7 Å². The van der Waals surface area contributed by atoms with Crippen LogP contribution in [0.4, 0.5) is 13.2 Å². The van der Waals surface area contributed by atoms with Crippen LogP contribution in [0.1, 0.15) is 16.2 Å². The predicted molar refractivity (Wildman–Crippen MR) is 125 cm³/mol. The van der Waals surface area contributed by atoms with Crippen LogP contribution >= 0.6 is 27.3 Å². The lowest BCUT2D eigenvalue weighted by molar-refractivity contribution is -0.152. The molecule has 9 heteroatoms. The summed E-state index contributed by atoms with van der Waals surface area (Å²) in [5.74, 6) is -0.867. The van der Waals surface area contributed by atoms with Gasteiger partial charge in [0.2, 0.25) is 11.2 Å². The molecule has 3 heterocycles. The molecular weight excluding hydrogens is 519 g/mol. The summed E-state index contributed by atoms with van der Waals surface area (Å²) in [6.45, 7) is 1.32. The van der Waals surface area contributed by atoms with Gasteiger partial charge >= 0.3 is 6.18 Å². The molecular formula is C24H17BrF3NO3S. The molecule has 1 aliphatic heterocycles. The molecule has 1 aliphatic rings. The van der Waals surface area contributed by atoms with Crippen molar-refractivity contribution in [3.8, 4) is 16.9 Å². The molecule has 0 atom stereocenters. The summed E-state index contributed by atoms with van der Waals surface area (Å²) < 4.78 is 54.0. The maximum Gasteiger partial charge on any atom is 0.450 e. The van der Waals surface area contributed by atoms with E-state index < -0.39 is 22.9 Å². The molecule has 5 rings (SSSR count). The van der Waals surface area contributed by atoms with Crippen LogP contribution in [0, 0.1) is 0 Å². The zero-order valence-corrected chi connectivity index (χ0v) is 19.5. The number of thiophene rings is 1. The Balaban J connectivity index is 1.61. The monoisotopic (exact) mass is 535 g/mol. The van der Waals surface area contributed by atoms with Crippen LogP contribution in [0.2, 0.25) is 0 Å². The van der Waals surface area contributed by atoms with E-state index in [-0.39, 0.29) is 16.5 Å². The molecule has 0 saturated carbocycles. The lowest BCUT2D eigenvalue weighted by Gasteiger charge is -2.29. The van der Waals surface area contributed by atoms with Crippen LogP contribution in [0.3, 0.4) is 0 Å². The zero-order valence-electron chi connectivity index (χ0n) is 17.1. The third-order valence-electron chi connectivity index (χ3n) is 5.55. The van der Waals surface area contributed by atoms with E-state index in [0.29, 0.717) is 35.6 Å². The van der Waals surface area contributed by atoms with Gasteiger partial charge in [-0.15, -0.1) is 11.3 Å². The van der Waals surface area contributed by atoms with E-state index in [1.807, 2.05) is 22.4 Å². The van der Waals surface area contributed by atoms with E-state index >= 15 is 0 Å². The number of nitrogens with zero attached hydrogens (tertiary/aromatic N) is 1. The molecule has 0 unspecified atom stereocenters. The second-order valence-electron chi connectivity index (χ2n) is 7.71. The summed E-state index contributed by atoms with van der Waals surface area (Å²) in [5.41, 5.74) is -0.688. The number of benzene rings is 2. The Labute approximate surface area is 199 Å². The Morgan fingerprint density at radius 2 is 1.88 bits per heavy atom. The van der Waals surface area contributed by atoms with Crippen molar-refractivity contribution in [1.82, 2.24) is 4.90 Å². The molecule has 0 radical (unpaired) electrons. The van der Waals surface area contributed by atoms with Crippen LogP contribution in [-0.2, 0) is 19.1 Å². The van der Waals surface area contributed by atoms with Gasteiger partial charge in [0, 0.05) is 22.4 Å². The van der Waals surface area contributed by atoms with Gasteiger partial charge in [-0.3, -0.25) is 9.69 Å². The first-order valence-electron chi connectivity index (χ1n) is 10.1. The Bertz CT molecular complexity index is 1370. The highest BCUT2D eigenvalue weighted by atomic mass is 79.9. The Kier molecular flexibility index (Phi) is 5.80. The topological polar surface area (TPSA) is 42.7 Å². The van der Waals surface area contributed by atoms with Gasteiger partial charge in [0.1, 0.15) is 18.1 Å². The van der Waals surface area contributed by atoms with Crippen LogP contribution in [0.5, 0.6) is 5.75 Å². The van der Waals surface area contributed by atoms with E-state index in [1.165, 1.54) is 23.1 Å². The summed E-state index contributed by atoms with van der Waals surface area (Å²) in [4.78, 5) is 16.5. The largest absolute Gasteiger partial charge is 0.478 e. The third kappa shape index (κ3) is 4.32. The summed E-state index contributed by atoms with van der Waals surface area (Å²) in [7, 11) is 0. The standard InChI is InChI=1S/C24H17BrF3NO3S/c25-15-5-3-14(4-6-15)20-21(30)17-7-8-19-18(22(17)32-23(20)24(26,27)28)12-29(13-31-19)10-9-16-2-1-11-33-16/h1-8,11H,9-10,12-13H2. The molecule has 0 fully saturated rings. The van der Waals surface area contributed by atoms with Gasteiger partial charge in [-0.25, -0.2) is 0 Å². The average molecular weight is 536 g/mol. The van der Waals surface area contributed by atoms with Gasteiger partial charge in [-0.2, -0.15) is 13.2 Å². The van der Waals surface area contributed by atoms with E-state index in [9.17, 15) is 18.0 Å². The van der Waals surface area contributed by atoms with Crippen molar-refractivity contribution < 1.29 is 22.3 Å². The van der Waals surface area contributed by atoms with E-state index in [2.05, 4.69) is 15.9 Å². The van der Waals surface area contributed by atoms with Gasteiger partial charge in [0.05, 0.1) is 16.5 Å². The molecule has 0 N–H and O–H groups in total. The van der Waals surface area contributed by atoms with Crippen molar-refractivity contribution >= 4 is 38.2 Å². The van der Waals surface area contributed by atoms with Crippen molar-refractivity contribution in [3.63, 3.8) is 0 Å². The van der Waals surface area contributed by atoms with E-state index in [1.54, 1.807) is 29.5 Å². The number of rotatable bonds is 4. The van der Waals surface area contributed by atoms with Crippen molar-refractivity contribution in [2.75, 3.05) is 13.3 Å². The van der Waals surface area contributed by atoms with E-state index in [4.69, 9.17) is 9.15 Å². The minimum Gasteiger partial charge on any atom is -0.478 e. The molecule has 33 heavy (non-hydrogen) atoms. The molecule has 0 saturated heterocycles. The Morgan fingerprint density at radius 1 is 1.09 bits per heavy atom. The number of fused-ring (bicyclic) bond motifs is 3. The summed E-state index contributed by atoms with van der Waals surface area (Å²) >= 11 is 4.92. The summed E-state index contributed by atoms with van der Waals surface area (Å²) in [6.07, 6.45) is -4.04. The first-order chi connectivity index (χ1) is 15.8. The lowest BCUT2D eigenvalue weighted by Crippen LogP contribution is -2.33. The third-order valence-corrected chi connectivity index (χ3v) is 7.01. The van der Waals surface area contributed by atoms with Gasteiger partial charge in [-0.1, -0.05) is 34.1 Å². The molecule has 0 bridgehead atoms. The highest BCUT2D eigenvalue weighted by Crippen LogP contribution is 2.40. The molecule has 2 aromatic heterocycles. The Morgan fingerprint density at radius 3 is 2.58 bits per heavy atom. The summed E-state index contributed by atoms with van der Waals surface area (Å²) in [5, 5.41) is 2.10. The fraction of sp³-hybridized carbons (Fsp3) is 0.208. The molecule has 4 aromatic rings. The molecule has 0 aliphatic carbocycles. The molecule has 2 aromatic carbocycles. The fourth-order valence-electron chi connectivity index (χ4n) is 3.96. The number of ether oxygens (including phenoxy) is 1. The number of alkyl halides is 3. The quantitative estimate of drug-likeness (QED) is 0.291. The minimum absolute atomic E-state index is 0.0773. The zero-order chi connectivity index (χ0) is 23.2. The van der Waals surface area contributed by atoms with Crippen molar-refractivity contribution in [2.24, 2.45) is 0 Å². The minimum atomic E-state index is -4.84. The smallest absolute Gasteiger partial charge is 0.450 e. The number of hydrogen-bond donors (Lipinski definition) is 0. The van der Waals surface area contributed by atoms with E-state index in [0.717, 1.165) is 6.42 Å². The molecule has 0 spiro atoms. The van der Waals surface area contributed by atoms with Crippen LogP contribution < -0.4 is 10.2 Å². The molecule has 0 amide bonds. The number of halogens is 4. The van der Waals surface area contributed by atoms with Gasteiger partial charge < -0.3 is 9.15 Å². The van der Waals surface area contributed by atoms with Crippen molar-refractivity contribution in [3.05, 3.63) is 84.8 Å². The first-order valence-corrected chi connectivity index (χ1v) is 11.8. The predicted octanol–water partition coefficient (Wildman–Crippen LogP) is 6.70. The fourth-order valence-corrected chi connectivity index (χ4v) is 4.92. The highest BCUT2D eigenvalue weighted by Gasteiger charge is 2.40. The lowest BCUT2D eigenvalue weighted by atomic mass is 10.00. The summed E-state index contributed by atoms with van der Waals surface area (Å²) in [6, 6.07) is 13.2. The average Bonchev–Trinajstić information content (AvgIpc) is 3.31. The van der Waals surface area contributed by atoms with Crippen LogP contribution in [-0.4, -0.2) is 18.2 Å². The SMILES string of the molecule is O=c1c(-c2ccc(Br)cc2)c(C(F)(F)F)oc2c3c(ccc12)OCN(CCc1cccs1)C3. The second-order valence-corrected chi connectivity index (χ2v) is 9.66. The maximum absolute atomic E-state index is 14.0. The van der Waals surface area contributed by atoms with Gasteiger partial charge in [0.15, 0.2) is 0 Å². The molecule has 170 valence electrons. The number of hydrogen-bond acceptors (Lipinski definition) is 5. The maximum atomic E-state index is 14.0. The molecule has 4 nitrogen and oxygen atoms in total. The Hall–Kier alpha value is -2.62. The van der Waals surface area contributed by atoms with Crippen LogP contribution in [0.15, 0.2) is 67.6 Å². The normalized spacial score (nSPS) is 14.3. The van der Waals surface area contributed by atoms with Crippen LogP contribution in [0.25, 0.3) is 22.1 Å². The second kappa shape index (κ2) is 8.62. The first kappa shape index (κ1) is 22.2. The van der Waals surface area contributed by atoms with Crippen molar-refractivity contribution in [2.45, 2.75) is 19.1 Å². The van der Waals surface area contributed by atoms with Gasteiger partial charge in [0.25, 0.3) is 0 Å². The van der Waals surface area contributed by atoms with Crippen molar-refractivity contribution in [1.29, 1.82) is 0 Å². The highest BCUT2D eigenvalue weighted by molar-refractivity contribution is 9.10.